The molecule has 0 saturated carbocycles. The molecule has 3 heterocycles. The Labute approximate surface area is 219 Å². The van der Waals surface area contributed by atoms with Crippen molar-refractivity contribution in [1.29, 1.82) is 0 Å². The summed E-state index contributed by atoms with van der Waals surface area (Å²) in [4.78, 5) is 42.2. The minimum atomic E-state index is -1.15. The maximum atomic E-state index is 14.9. The van der Waals surface area contributed by atoms with Crippen LogP contribution in [0.25, 0.3) is 10.8 Å². The lowest BCUT2D eigenvalue weighted by molar-refractivity contribution is -0.384. The van der Waals surface area contributed by atoms with E-state index in [-0.39, 0.29) is 29.3 Å². The lowest BCUT2D eigenvalue weighted by Gasteiger charge is -2.37. The van der Waals surface area contributed by atoms with Crippen LogP contribution in [0.3, 0.4) is 0 Å². The summed E-state index contributed by atoms with van der Waals surface area (Å²) in [6.07, 6.45) is 1.76. The van der Waals surface area contributed by atoms with Crippen molar-refractivity contribution in [3.05, 3.63) is 118 Å². The zero-order valence-electron chi connectivity index (χ0n) is 20.5. The second kappa shape index (κ2) is 8.33. The molecule has 3 aliphatic heterocycles. The fourth-order valence-electron chi connectivity index (χ4n) is 7.32. The first-order valence-corrected chi connectivity index (χ1v) is 13.0. The minimum absolute atomic E-state index is 0.00521. The average molecular weight is 504 g/mol. The summed E-state index contributed by atoms with van der Waals surface area (Å²) >= 11 is 0. The van der Waals surface area contributed by atoms with Crippen LogP contribution < -0.4 is 5.32 Å². The third-order valence-electron chi connectivity index (χ3n) is 8.73. The molecule has 2 saturated heterocycles. The van der Waals surface area contributed by atoms with Gasteiger partial charge in [-0.2, -0.15) is 0 Å². The van der Waals surface area contributed by atoms with E-state index in [1.54, 1.807) is 12.1 Å². The van der Waals surface area contributed by atoms with Crippen molar-refractivity contribution in [3.63, 3.8) is 0 Å². The molecular formula is C31H25N3O4. The van der Waals surface area contributed by atoms with E-state index in [0.717, 1.165) is 40.4 Å². The SMILES string of the molecule is O=C(c1cccc2ccccc12)C1C(c2ccc([N+](=O)[O-])cc2)C2CCCN2[C@@]12C(=O)Nc1ccccc12. The Morgan fingerprint density at radius 1 is 0.947 bits per heavy atom. The number of benzene rings is 4. The van der Waals surface area contributed by atoms with Gasteiger partial charge < -0.3 is 5.32 Å². The standard InChI is InChI=1S/C31H25N3O4/c35-29(23-10-5-8-19-7-1-2-9-22(19)23)28-27(20-14-16-21(17-15-20)34(37)38)26-13-6-18-33(26)31(28)24-11-3-4-12-25(24)32-30(31)36/h1-5,7-12,14-17,26-28H,6,13,18H2,(H,32,36)/t26?,27?,28?,31-/m1/s1. The van der Waals surface area contributed by atoms with Gasteiger partial charge in [-0.25, -0.2) is 0 Å². The molecule has 4 aromatic carbocycles. The summed E-state index contributed by atoms with van der Waals surface area (Å²) in [7, 11) is 0. The van der Waals surface area contributed by atoms with E-state index in [9.17, 15) is 19.7 Å². The van der Waals surface area contributed by atoms with E-state index in [1.807, 2.05) is 66.7 Å². The molecule has 7 nitrogen and oxygen atoms in total. The lowest BCUT2D eigenvalue weighted by Crippen LogP contribution is -2.52. The fourth-order valence-corrected chi connectivity index (χ4v) is 7.32. The number of nitrogens with one attached hydrogen (secondary N) is 1. The summed E-state index contributed by atoms with van der Waals surface area (Å²) in [6.45, 7) is 0.704. The summed E-state index contributed by atoms with van der Waals surface area (Å²) in [5, 5.41) is 16.3. The third-order valence-corrected chi connectivity index (χ3v) is 8.73. The predicted molar refractivity (Wildman–Crippen MR) is 144 cm³/mol. The van der Waals surface area contributed by atoms with Crippen LogP contribution in [0.15, 0.2) is 91.0 Å². The van der Waals surface area contributed by atoms with Crippen LogP contribution in [0.5, 0.6) is 0 Å². The Balaban J connectivity index is 1.49. The summed E-state index contributed by atoms with van der Waals surface area (Å²) < 4.78 is 0. The van der Waals surface area contributed by atoms with E-state index in [2.05, 4.69) is 10.2 Å². The number of nitrogens with zero attached hydrogens (tertiary/aromatic N) is 2. The number of nitro benzene ring substituents is 1. The second-order valence-electron chi connectivity index (χ2n) is 10.4. The van der Waals surface area contributed by atoms with Crippen LogP contribution in [0.2, 0.25) is 0 Å². The monoisotopic (exact) mass is 503 g/mol. The van der Waals surface area contributed by atoms with Gasteiger partial charge in [0.25, 0.3) is 5.69 Å². The fraction of sp³-hybridized carbons (Fsp3) is 0.226. The first kappa shape index (κ1) is 22.8. The summed E-state index contributed by atoms with van der Waals surface area (Å²) in [6, 6.07) is 27.7. The van der Waals surface area contributed by atoms with E-state index < -0.39 is 16.4 Å². The van der Waals surface area contributed by atoms with Crippen LogP contribution in [0.4, 0.5) is 11.4 Å². The number of nitro groups is 1. The molecule has 1 amide bonds. The molecule has 188 valence electrons. The number of amides is 1. The number of hydrogen-bond donors (Lipinski definition) is 1. The predicted octanol–water partition coefficient (Wildman–Crippen LogP) is 5.66. The van der Waals surface area contributed by atoms with Gasteiger partial charge in [-0.15, -0.1) is 0 Å². The van der Waals surface area contributed by atoms with Crippen molar-refractivity contribution in [2.24, 2.45) is 5.92 Å². The maximum Gasteiger partial charge on any atom is 0.269 e. The highest BCUT2D eigenvalue weighted by Crippen LogP contribution is 2.61. The van der Waals surface area contributed by atoms with Crippen molar-refractivity contribution in [1.82, 2.24) is 4.90 Å². The second-order valence-corrected chi connectivity index (χ2v) is 10.4. The molecule has 0 aliphatic carbocycles. The van der Waals surface area contributed by atoms with Crippen molar-refractivity contribution < 1.29 is 14.5 Å². The minimum Gasteiger partial charge on any atom is -0.324 e. The molecule has 0 aromatic heterocycles. The van der Waals surface area contributed by atoms with E-state index in [0.29, 0.717) is 12.1 Å². The van der Waals surface area contributed by atoms with Crippen molar-refractivity contribution in [2.75, 3.05) is 11.9 Å². The number of non-ortho nitro benzene ring substituents is 1. The molecule has 3 unspecified atom stereocenters. The quantitative estimate of drug-likeness (QED) is 0.221. The highest BCUT2D eigenvalue weighted by atomic mass is 16.6. The van der Waals surface area contributed by atoms with Crippen molar-refractivity contribution in [2.45, 2.75) is 30.3 Å². The van der Waals surface area contributed by atoms with E-state index in [4.69, 9.17) is 0 Å². The highest BCUT2D eigenvalue weighted by Gasteiger charge is 2.69. The number of ketones is 1. The van der Waals surface area contributed by atoms with Crippen molar-refractivity contribution >= 4 is 33.8 Å². The zero-order chi connectivity index (χ0) is 26.0. The molecule has 7 heteroatoms. The van der Waals surface area contributed by atoms with Crippen LogP contribution in [0, 0.1) is 16.0 Å². The van der Waals surface area contributed by atoms with Crippen LogP contribution in [-0.2, 0) is 10.3 Å². The molecule has 2 fully saturated rings. The molecule has 4 atom stereocenters. The number of hydrogen-bond acceptors (Lipinski definition) is 5. The summed E-state index contributed by atoms with van der Waals surface area (Å²) in [5.41, 5.74) is 1.87. The number of anilines is 1. The van der Waals surface area contributed by atoms with Gasteiger partial charge in [0.15, 0.2) is 5.78 Å². The average Bonchev–Trinajstić information content (AvgIpc) is 3.61. The van der Waals surface area contributed by atoms with Crippen molar-refractivity contribution in [3.8, 4) is 0 Å². The molecular weight excluding hydrogens is 478 g/mol. The summed E-state index contributed by atoms with van der Waals surface area (Å²) in [5.74, 6) is -1.26. The smallest absolute Gasteiger partial charge is 0.269 e. The topological polar surface area (TPSA) is 92.5 Å². The lowest BCUT2D eigenvalue weighted by atomic mass is 9.68. The van der Waals surface area contributed by atoms with E-state index in [1.165, 1.54) is 12.1 Å². The molecule has 0 radical (unpaired) electrons. The van der Waals surface area contributed by atoms with Crippen LogP contribution >= 0.6 is 0 Å². The molecule has 4 aromatic rings. The molecule has 7 rings (SSSR count). The molecule has 0 bridgehead atoms. The highest BCUT2D eigenvalue weighted by molar-refractivity contribution is 6.16. The van der Waals surface area contributed by atoms with Gasteiger partial charge in [-0.1, -0.05) is 72.8 Å². The Morgan fingerprint density at radius 2 is 1.68 bits per heavy atom. The largest absolute Gasteiger partial charge is 0.324 e. The Hall–Kier alpha value is -4.36. The normalized spacial score (nSPS) is 25.9. The first-order valence-electron chi connectivity index (χ1n) is 13.0. The zero-order valence-corrected chi connectivity index (χ0v) is 20.5. The number of rotatable bonds is 4. The number of Topliss-reactive ketones (excluding diaryl/α,β-unsaturated/α-hetero) is 1. The Bertz CT molecular complexity index is 1630. The first-order chi connectivity index (χ1) is 18.5. The third kappa shape index (κ3) is 2.99. The van der Waals surface area contributed by atoms with Gasteiger partial charge in [0.05, 0.1) is 10.8 Å². The number of fused-ring (bicyclic) bond motifs is 5. The van der Waals surface area contributed by atoms with Gasteiger partial charge >= 0.3 is 0 Å². The van der Waals surface area contributed by atoms with Gasteiger partial charge in [0, 0.05) is 40.9 Å². The Kier molecular flexibility index (Phi) is 5.00. The maximum absolute atomic E-state index is 14.9. The number of para-hydroxylation sites is 1. The van der Waals surface area contributed by atoms with Crippen LogP contribution in [0.1, 0.15) is 40.2 Å². The number of carbonyl (C=O) groups is 2. The van der Waals surface area contributed by atoms with Gasteiger partial charge in [0.1, 0.15) is 5.54 Å². The molecule has 1 spiro atoms. The Morgan fingerprint density at radius 3 is 2.50 bits per heavy atom. The van der Waals surface area contributed by atoms with Gasteiger partial charge in [-0.3, -0.25) is 24.6 Å². The molecule has 1 N–H and O–H groups in total. The van der Waals surface area contributed by atoms with E-state index >= 15 is 0 Å². The van der Waals surface area contributed by atoms with Gasteiger partial charge in [0.2, 0.25) is 5.91 Å². The molecule has 3 aliphatic rings. The number of carbonyl (C=O) groups excluding carboxylic acids is 2. The van der Waals surface area contributed by atoms with Crippen LogP contribution in [-0.4, -0.2) is 34.1 Å². The van der Waals surface area contributed by atoms with Gasteiger partial charge in [-0.05, 0) is 41.8 Å². The molecule has 38 heavy (non-hydrogen) atoms.